The first kappa shape index (κ1) is 11.6. The molecule has 2 aromatic rings. The fourth-order valence-electron chi connectivity index (χ4n) is 1.67. The minimum atomic E-state index is -1.24. The van der Waals surface area contributed by atoms with Crippen LogP contribution in [0.4, 0.5) is 0 Å². The zero-order valence-corrected chi connectivity index (χ0v) is 9.75. The fourth-order valence-corrected chi connectivity index (χ4v) is 1.67. The number of carbonyl (C=O) groups excluding carboxylic acids is 1. The van der Waals surface area contributed by atoms with E-state index in [1.807, 2.05) is 11.6 Å². The molecule has 1 heterocycles. The molecule has 0 amide bonds. The molecule has 0 aliphatic carbocycles. The van der Waals surface area contributed by atoms with Crippen LogP contribution in [0.25, 0.3) is 11.0 Å². The van der Waals surface area contributed by atoms with Crippen LogP contribution in [0.15, 0.2) is 24.5 Å². The highest BCUT2D eigenvalue weighted by Crippen LogP contribution is 2.20. The van der Waals surface area contributed by atoms with E-state index in [2.05, 4.69) is 4.98 Å². The van der Waals surface area contributed by atoms with Gasteiger partial charge in [0.05, 0.1) is 24.0 Å². The largest absolute Gasteiger partial charge is 0.464 e. The van der Waals surface area contributed by atoms with Gasteiger partial charge in [0, 0.05) is 7.05 Å². The summed E-state index contributed by atoms with van der Waals surface area (Å²) in [6, 6.07) is 5.19. The summed E-state index contributed by atoms with van der Waals surface area (Å²) in [5.41, 5.74) is 2.21. The number of rotatable bonds is 3. The molecule has 1 unspecified atom stereocenters. The Balaban J connectivity index is 2.35. The Kier molecular flexibility index (Phi) is 3.10. The Morgan fingerprint density at radius 3 is 3.06 bits per heavy atom. The van der Waals surface area contributed by atoms with Gasteiger partial charge >= 0.3 is 5.97 Å². The third kappa shape index (κ3) is 2.14. The molecule has 1 atom stereocenters. The molecule has 1 aromatic heterocycles. The smallest absolute Gasteiger partial charge is 0.339 e. The average molecular weight is 234 g/mol. The summed E-state index contributed by atoms with van der Waals surface area (Å²) in [5.74, 6) is -0.631. The van der Waals surface area contributed by atoms with Crippen molar-refractivity contribution >= 4 is 17.0 Å². The summed E-state index contributed by atoms with van der Waals surface area (Å²) >= 11 is 0. The maximum absolute atomic E-state index is 11.4. The zero-order valence-electron chi connectivity index (χ0n) is 9.75. The predicted molar refractivity (Wildman–Crippen MR) is 62.3 cm³/mol. The minimum absolute atomic E-state index is 0.254. The van der Waals surface area contributed by atoms with Gasteiger partial charge in [-0.25, -0.2) is 9.78 Å². The second-order valence-electron chi connectivity index (χ2n) is 3.76. The molecule has 0 aliphatic heterocycles. The van der Waals surface area contributed by atoms with E-state index in [0.29, 0.717) is 5.56 Å². The Hall–Kier alpha value is -1.88. The van der Waals surface area contributed by atoms with Crippen molar-refractivity contribution < 1.29 is 14.6 Å². The maximum atomic E-state index is 11.4. The average Bonchev–Trinajstić information content (AvgIpc) is 2.70. The first-order chi connectivity index (χ1) is 8.13. The quantitative estimate of drug-likeness (QED) is 0.810. The van der Waals surface area contributed by atoms with Crippen LogP contribution in [0.1, 0.15) is 18.6 Å². The van der Waals surface area contributed by atoms with E-state index in [9.17, 15) is 9.90 Å². The third-order valence-electron chi connectivity index (χ3n) is 2.58. The van der Waals surface area contributed by atoms with Gasteiger partial charge in [-0.05, 0) is 24.6 Å². The van der Waals surface area contributed by atoms with Gasteiger partial charge in [0.1, 0.15) is 0 Å². The number of carbonyl (C=O) groups is 1. The normalized spacial score (nSPS) is 12.6. The van der Waals surface area contributed by atoms with Gasteiger partial charge in [-0.15, -0.1) is 0 Å². The highest BCUT2D eigenvalue weighted by atomic mass is 16.5. The van der Waals surface area contributed by atoms with Crippen LogP contribution < -0.4 is 0 Å². The SMILES string of the molecule is CCOC(=O)C(O)c1ccc2ncn(C)c2c1. The van der Waals surface area contributed by atoms with Gasteiger partial charge in [0.25, 0.3) is 0 Å². The van der Waals surface area contributed by atoms with Crippen LogP contribution in [0.5, 0.6) is 0 Å². The second kappa shape index (κ2) is 4.55. The van der Waals surface area contributed by atoms with E-state index in [1.54, 1.807) is 31.5 Å². The number of esters is 1. The molecule has 5 nitrogen and oxygen atoms in total. The Bertz CT molecular complexity index is 548. The van der Waals surface area contributed by atoms with Gasteiger partial charge in [0.2, 0.25) is 0 Å². The summed E-state index contributed by atoms with van der Waals surface area (Å²) in [4.78, 5) is 15.6. The summed E-state index contributed by atoms with van der Waals surface area (Å²) in [7, 11) is 1.86. The minimum Gasteiger partial charge on any atom is -0.464 e. The van der Waals surface area contributed by atoms with Crippen LogP contribution in [-0.2, 0) is 16.6 Å². The molecule has 90 valence electrons. The summed E-state index contributed by atoms with van der Waals surface area (Å²) in [6.45, 7) is 1.96. The summed E-state index contributed by atoms with van der Waals surface area (Å²) in [6.07, 6.45) is 0.444. The first-order valence-electron chi connectivity index (χ1n) is 5.39. The van der Waals surface area contributed by atoms with Crippen molar-refractivity contribution in [2.45, 2.75) is 13.0 Å². The number of imidazole rings is 1. The lowest BCUT2D eigenvalue weighted by atomic mass is 10.1. The van der Waals surface area contributed by atoms with Crippen LogP contribution in [0, 0.1) is 0 Å². The van der Waals surface area contributed by atoms with E-state index >= 15 is 0 Å². The van der Waals surface area contributed by atoms with E-state index in [0.717, 1.165) is 11.0 Å². The molecule has 0 saturated heterocycles. The van der Waals surface area contributed by atoms with Crippen molar-refractivity contribution in [3.63, 3.8) is 0 Å². The standard InChI is InChI=1S/C12H14N2O3/c1-3-17-12(16)11(15)8-4-5-9-10(6-8)14(2)7-13-9/h4-7,11,15H,3H2,1-2H3. The number of hydrogen-bond donors (Lipinski definition) is 1. The summed E-state index contributed by atoms with van der Waals surface area (Å²) in [5, 5.41) is 9.80. The Labute approximate surface area is 98.6 Å². The monoisotopic (exact) mass is 234 g/mol. The number of aromatic nitrogens is 2. The van der Waals surface area contributed by atoms with Crippen molar-refractivity contribution in [2.24, 2.45) is 7.05 Å². The Morgan fingerprint density at radius 1 is 1.59 bits per heavy atom. The van der Waals surface area contributed by atoms with Crippen molar-refractivity contribution in [1.29, 1.82) is 0 Å². The highest BCUT2D eigenvalue weighted by molar-refractivity contribution is 5.81. The number of aliphatic hydroxyl groups excluding tert-OH is 1. The maximum Gasteiger partial charge on any atom is 0.339 e. The molecule has 0 fully saturated rings. The summed E-state index contributed by atoms with van der Waals surface area (Å²) < 4.78 is 6.60. The van der Waals surface area contributed by atoms with Crippen molar-refractivity contribution in [1.82, 2.24) is 9.55 Å². The van der Waals surface area contributed by atoms with Gasteiger partial charge in [-0.2, -0.15) is 0 Å². The first-order valence-corrected chi connectivity index (χ1v) is 5.39. The van der Waals surface area contributed by atoms with Crippen LogP contribution in [-0.4, -0.2) is 27.2 Å². The molecule has 0 saturated carbocycles. The molecular weight excluding hydrogens is 220 g/mol. The van der Waals surface area contributed by atoms with E-state index in [4.69, 9.17) is 4.74 Å². The van der Waals surface area contributed by atoms with E-state index < -0.39 is 12.1 Å². The number of ether oxygens (including phenoxy) is 1. The molecule has 0 spiro atoms. The molecule has 1 aromatic carbocycles. The number of benzene rings is 1. The second-order valence-corrected chi connectivity index (χ2v) is 3.76. The van der Waals surface area contributed by atoms with Gasteiger partial charge in [-0.1, -0.05) is 6.07 Å². The van der Waals surface area contributed by atoms with Crippen molar-refractivity contribution in [2.75, 3.05) is 6.61 Å². The highest BCUT2D eigenvalue weighted by Gasteiger charge is 2.19. The van der Waals surface area contributed by atoms with Crippen LogP contribution >= 0.6 is 0 Å². The molecule has 0 aliphatic rings. The predicted octanol–water partition coefficient (Wildman–Crippen LogP) is 1.17. The number of hydrogen-bond acceptors (Lipinski definition) is 4. The van der Waals surface area contributed by atoms with Crippen molar-refractivity contribution in [3.05, 3.63) is 30.1 Å². The number of aliphatic hydroxyl groups is 1. The molecule has 17 heavy (non-hydrogen) atoms. The molecule has 2 rings (SSSR count). The number of aryl methyl sites for hydroxylation is 1. The molecule has 1 N–H and O–H groups in total. The van der Waals surface area contributed by atoms with Crippen LogP contribution in [0.2, 0.25) is 0 Å². The topological polar surface area (TPSA) is 64.3 Å². The molecule has 0 bridgehead atoms. The molecule has 0 radical (unpaired) electrons. The van der Waals surface area contributed by atoms with Crippen LogP contribution in [0.3, 0.4) is 0 Å². The van der Waals surface area contributed by atoms with Gasteiger partial charge < -0.3 is 14.4 Å². The molecular formula is C12H14N2O3. The lowest BCUT2D eigenvalue weighted by Crippen LogP contribution is -2.15. The molecule has 5 heteroatoms. The number of nitrogens with zero attached hydrogens (tertiary/aromatic N) is 2. The van der Waals surface area contributed by atoms with E-state index in [1.165, 1.54) is 0 Å². The zero-order chi connectivity index (χ0) is 12.4. The lowest BCUT2D eigenvalue weighted by Gasteiger charge is -2.10. The number of fused-ring (bicyclic) bond motifs is 1. The Morgan fingerprint density at radius 2 is 2.35 bits per heavy atom. The third-order valence-corrected chi connectivity index (χ3v) is 2.58. The van der Waals surface area contributed by atoms with E-state index in [-0.39, 0.29) is 6.61 Å². The lowest BCUT2D eigenvalue weighted by molar-refractivity contribution is -0.153. The van der Waals surface area contributed by atoms with Crippen molar-refractivity contribution in [3.8, 4) is 0 Å². The fraction of sp³-hybridized carbons (Fsp3) is 0.333. The van der Waals surface area contributed by atoms with Gasteiger partial charge in [-0.3, -0.25) is 0 Å². The van der Waals surface area contributed by atoms with Gasteiger partial charge in [0.15, 0.2) is 6.10 Å².